The second-order valence-corrected chi connectivity index (χ2v) is 11.5. The van der Waals surface area contributed by atoms with E-state index in [1.165, 1.54) is 128 Å². The summed E-state index contributed by atoms with van der Waals surface area (Å²) in [5, 5.41) is 0. The standard InChI is InChI=1S/C32H54/c1-3-5-7-9-10-12-14-28-17-21-30(22-18-28)32-25-23-31(24-26-32)29-19-15-27(16-20-29)13-11-8-6-4-2/h23-30H,3-22H2,1-2H3. The molecule has 0 nitrogen and oxygen atoms in total. The van der Waals surface area contributed by atoms with Gasteiger partial charge in [-0.15, -0.1) is 0 Å². The molecule has 0 aliphatic heterocycles. The van der Waals surface area contributed by atoms with E-state index in [9.17, 15) is 0 Å². The molecule has 0 bridgehead atoms. The van der Waals surface area contributed by atoms with Crippen LogP contribution in [-0.4, -0.2) is 0 Å². The molecule has 3 rings (SSSR count). The summed E-state index contributed by atoms with van der Waals surface area (Å²) in [4.78, 5) is 0. The minimum absolute atomic E-state index is 0.837. The van der Waals surface area contributed by atoms with Crippen LogP contribution < -0.4 is 0 Å². The maximum atomic E-state index is 2.50. The van der Waals surface area contributed by atoms with Crippen LogP contribution in [0.2, 0.25) is 0 Å². The Morgan fingerprint density at radius 3 is 1.22 bits per heavy atom. The molecule has 0 aromatic heterocycles. The second-order valence-electron chi connectivity index (χ2n) is 11.5. The van der Waals surface area contributed by atoms with Gasteiger partial charge in [-0.05, 0) is 86.2 Å². The van der Waals surface area contributed by atoms with Gasteiger partial charge in [0, 0.05) is 0 Å². The minimum Gasteiger partial charge on any atom is -0.0654 e. The van der Waals surface area contributed by atoms with E-state index in [2.05, 4.69) is 38.1 Å². The largest absolute Gasteiger partial charge is 0.0654 e. The summed E-state index contributed by atoms with van der Waals surface area (Å²) in [6.45, 7) is 4.63. The van der Waals surface area contributed by atoms with Crippen molar-refractivity contribution in [1.29, 1.82) is 0 Å². The molecular weight excluding hydrogens is 384 g/mol. The molecule has 0 N–H and O–H groups in total. The fourth-order valence-corrected chi connectivity index (χ4v) is 6.68. The summed E-state index contributed by atoms with van der Waals surface area (Å²) in [6.07, 6.45) is 29.0. The average Bonchev–Trinajstić information content (AvgIpc) is 2.85. The molecular formula is C32H54. The molecule has 0 saturated heterocycles. The molecule has 0 spiro atoms. The maximum Gasteiger partial charge on any atom is -0.0162 e. The van der Waals surface area contributed by atoms with Crippen LogP contribution in [0.3, 0.4) is 0 Å². The molecule has 182 valence electrons. The Morgan fingerprint density at radius 1 is 0.469 bits per heavy atom. The SMILES string of the molecule is CCCCCCCCC1CCC(c2ccc(C3CCC(CCCCCC)CC3)cc2)CC1. The Kier molecular flexibility index (Phi) is 12.3. The Morgan fingerprint density at radius 2 is 0.812 bits per heavy atom. The van der Waals surface area contributed by atoms with E-state index in [1.807, 2.05) is 0 Å². The average molecular weight is 439 g/mol. The van der Waals surface area contributed by atoms with Gasteiger partial charge in [0.25, 0.3) is 0 Å². The molecule has 2 aliphatic rings. The van der Waals surface area contributed by atoms with Gasteiger partial charge in [0.15, 0.2) is 0 Å². The van der Waals surface area contributed by atoms with Gasteiger partial charge >= 0.3 is 0 Å². The number of hydrogen-bond donors (Lipinski definition) is 0. The first-order chi connectivity index (χ1) is 15.8. The zero-order chi connectivity index (χ0) is 22.4. The van der Waals surface area contributed by atoms with E-state index < -0.39 is 0 Å². The zero-order valence-electron chi connectivity index (χ0n) is 21.8. The fraction of sp³-hybridized carbons (Fsp3) is 0.812. The van der Waals surface area contributed by atoms with Gasteiger partial charge in [0.1, 0.15) is 0 Å². The first kappa shape index (κ1) is 25.8. The first-order valence-corrected chi connectivity index (χ1v) is 14.9. The van der Waals surface area contributed by atoms with Gasteiger partial charge in [-0.1, -0.05) is 115 Å². The molecule has 2 fully saturated rings. The molecule has 2 saturated carbocycles. The quantitative estimate of drug-likeness (QED) is 0.253. The normalized spacial score (nSPS) is 26.3. The smallest absolute Gasteiger partial charge is 0.0162 e. The molecule has 0 heterocycles. The summed E-state index contributed by atoms with van der Waals surface area (Å²) in [6, 6.07) is 10.0. The van der Waals surface area contributed by atoms with Crippen molar-refractivity contribution >= 4 is 0 Å². The summed E-state index contributed by atoms with van der Waals surface area (Å²) < 4.78 is 0. The highest BCUT2D eigenvalue weighted by Gasteiger charge is 2.24. The van der Waals surface area contributed by atoms with Crippen LogP contribution in [0.4, 0.5) is 0 Å². The van der Waals surface area contributed by atoms with E-state index in [4.69, 9.17) is 0 Å². The molecule has 32 heavy (non-hydrogen) atoms. The van der Waals surface area contributed by atoms with Crippen LogP contribution >= 0.6 is 0 Å². The van der Waals surface area contributed by atoms with Crippen LogP contribution in [0, 0.1) is 11.8 Å². The summed E-state index contributed by atoms with van der Waals surface area (Å²) in [5.41, 5.74) is 3.27. The Labute approximate surface area is 201 Å². The van der Waals surface area contributed by atoms with Gasteiger partial charge in [-0.2, -0.15) is 0 Å². The lowest BCUT2D eigenvalue weighted by Gasteiger charge is -2.30. The highest BCUT2D eigenvalue weighted by Crippen LogP contribution is 2.40. The van der Waals surface area contributed by atoms with Gasteiger partial charge in [0.05, 0.1) is 0 Å². The van der Waals surface area contributed by atoms with Gasteiger partial charge < -0.3 is 0 Å². The molecule has 0 heteroatoms. The predicted molar refractivity (Wildman–Crippen MR) is 143 cm³/mol. The lowest BCUT2D eigenvalue weighted by Crippen LogP contribution is -2.14. The number of unbranched alkanes of at least 4 members (excludes halogenated alkanes) is 8. The van der Waals surface area contributed by atoms with Gasteiger partial charge in [-0.25, -0.2) is 0 Å². The molecule has 0 unspecified atom stereocenters. The molecule has 0 amide bonds. The van der Waals surface area contributed by atoms with Crippen molar-refractivity contribution in [2.75, 3.05) is 0 Å². The lowest BCUT2D eigenvalue weighted by molar-refractivity contribution is 0.300. The van der Waals surface area contributed by atoms with Crippen LogP contribution in [0.1, 0.15) is 165 Å². The van der Waals surface area contributed by atoms with E-state index >= 15 is 0 Å². The third kappa shape index (κ3) is 8.87. The van der Waals surface area contributed by atoms with Crippen molar-refractivity contribution in [3.63, 3.8) is 0 Å². The number of hydrogen-bond acceptors (Lipinski definition) is 0. The minimum atomic E-state index is 0.837. The van der Waals surface area contributed by atoms with Crippen LogP contribution in [0.5, 0.6) is 0 Å². The van der Waals surface area contributed by atoms with Gasteiger partial charge in [-0.3, -0.25) is 0 Å². The van der Waals surface area contributed by atoms with Crippen molar-refractivity contribution in [2.24, 2.45) is 11.8 Å². The zero-order valence-corrected chi connectivity index (χ0v) is 21.8. The molecule has 0 atom stereocenters. The van der Waals surface area contributed by atoms with Crippen molar-refractivity contribution in [3.8, 4) is 0 Å². The number of rotatable bonds is 14. The predicted octanol–water partition coefficient (Wildman–Crippen LogP) is 11.0. The highest BCUT2D eigenvalue weighted by atomic mass is 14.3. The van der Waals surface area contributed by atoms with Crippen molar-refractivity contribution in [2.45, 2.75) is 154 Å². The van der Waals surface area contributed by atoms with Crippen molar-refractivity contribution in [1.82, 2.24) is 0 Å². The van der Waals surface area contributed by atoms with Crippen LogP contribution in [-0.2, 0) is 0 Å². The van der Waals surface area contributed by atoms with Crippen LogP contribution in [0.15, 0.2) is 24.3 Å². The second kappa shape index (κ2) is 15.2. The maximum absolute atomic E-state index is 2.50. The summed E-state index contributed by atoms with van der Waals surface area (Å²) in [7, 11) is 0. The van der Waals surface area contributed by atoms with E-state index in [0.717, 1.165) is 23.7 Å². The first-order valence-electron chi connectivity index (χ1n) is 14.9. The van der Waals surface area contributed by atoms with Crippen molar-refractivity contribution < 1.29 is 0 Å². The summed E-state index contributed by atoms with van der Waals surface area (Å²) >= 11 is 0. The molecule has 1 aromatic rings. The van der Waals surface area contributed by atoms with E-state index in [1.54, 1.807) is 11.1 Å². The van der Waals surface area contributed by atoms with E-state index in [0.29, 0.717) is 0 Å². The Hall–Kier alpha value is -0.780. The summed E-state index contributed by atoms with van der Waals surface area (Å²) in [5.74, 6) is 3.72. The Bertz CT molecular complexity index is 569. The third-order valence-electron chi connectivity index (χ3n) is 9.00. The van der Waals surface area contributed by atoms with Crippen molar-refractivity contribution in [3.05, 3.63) is 35.4 Å². The Balaban J connectivity index is 1.32. The van der Waals surface area contributed by atoms with E-state index in [-0.39, 0.29) is 0 Å². The van der Waals surface area contributed by atoms with Gasteiger partial charge in [0.2, 0.25) is 0 Å². The monoisotopic (exact) mass is 438 g/mol. The molecule has 1 aromatic carbocycles. The molecule has 2 aliphatic carbocycles. The fourth-order valence-electron chi connectivity index (χ4n) is 6.68. The topological polar surface area (TPSA) is 0 Å². The van der Waals surface area contributed by atoms with Crippen LogP contribution in [0.25, 0.3) is 0 Å². The number of benzene rings is 1. The lowest BCUT2D eigenvalue weighted by atomic mass is 9.75. The highest BCUT2D eigenvalue weighted by molar-refractivity contribution is 5.28. The molecule has 0 radical (unpaired) electrons. The third-order valence-corrected chi connectivity index (χ3v) is 9.00.